The summed E-state index contributed by atoms with van der Waals surface area (Å²) < 4.78 is 30.5. The van der Waals surface area contributed by atoms with Gasteiger partial charge in [-0.2, -0.15) is 0 Å². The molecule has 7 nitrogen and oxygen atoms in total. The molecule has 0 aliphatic rings. The molecule has 0 bridgehead atoms. The van der Waals surface area contributed by atoms with E-state index in [4.69, 9.17) is 27.9 Å². The van der Waals surface area contributed by atoms with Gasteiger partial charge in [0.2, 0.25) is 10.0 Å². The van der Waals surface area contributed by atoms with Crippen molar-refractivity contribution in [1.82, 2.24) is 4.98 Å². The monoisotopic (exact) mass is 512 g/mol. The van der Waals surface area contributed by atoms with E-state index in [1.165, 1.54) is 41.0 Å². The van der Waals surface area contributed by atoms with Gasteiger partial charge in [0.1, 0.15) is 5.69 Å². The molecule has 0 N–H and O–H groups in total. The third-order valence-electron chi connectivity index (χ3n) is 4.27. The Morgan fingerprint density at radius 1 is 1.12 bits per heavy atom. The van der Waals surface area contributed by atoms with Gasteiger partial charge in [-0.15, -0.1) is 11.3 Å². The number of hydrogen-bond acceptors (Lipinski definition) is 7. The molecular formula is C21H18Cl2N2O5S2. The van der Waals surface area contributed by atoms with Gasteiger partial charge in [-0.25, -0.2) is 22.5 Å². The molecule has 1 aromatic heterocycles. The zero-order chi connectivity index (χ0) is 23.5. The van der Waals surface area contributed by atoms with Crippen LogP contribution in [0.1, 0.15) is 38.3 Å². The number of carbonyl (C=O) groups is 2. The van der Waals surface area contributed by atoms with E-state index in [1.54, 1.807) is 25.1 Å². The first kappa shape index (κ1) is 24.2. The first-order chi connectivity index (χ1) is 15.1. The average Bonchev–Trinajstić information content (AvgIpc) is 3.19. The third-order valence-corrected chi connectivity index (χ3v) is 6.87. The average molecular weight is 513 g/mol. The molecule has 0 aliphatic carbocycles. The number of anilines is 1. The first-order valence-corrected chi connectivity index (χ1v) is 12.8. The molecule has 3 aromatic rings. The number of rotatable bonds is 7. The highest BCUT2D eigenvalue weighted by Crippen LogP contribution is 2.29. The molecule has 32 heavy (non-hydrogen) atoms. The molecule has 1 amide bonds. The number of benzene rings is 2. The van der Waals surface area contributed by atoms with E-state index in [-0.39, 0.29) is 30.0 Å². The van der Waals surface area contributed by atoms with Crippen molar-refractivity contribution in [3.8, 4) is 0 Å². The Bertz CT molecular complexity index is 1250. The lowest BCUT2D eigenvalue weighted by Gasteiger charge is -2.20. The second-order valence-corrected chi connectivity index (χ2v) is 10.2. The maximum Gasteiger partial charge on any atom is 0.338 e. The molecule has 168 valence electrons. The van der Waals surface area contributed by atoms with Gasteiger partial charge < -0.3 is 4.74 Å². The van der Waals surface area contributed by atoms with Crippen LogP contribution in [0.3, 0.4) is 0 Å². The van der Waals surface area contributed by atoms with Crippen molar-refractivity contribution in [2.75, 3.05) is 17.2 Å². The number of halogens is 2. The Balaban J connectivity index is 1.93. The quantitative estimate of drug-likeness (QED) is 0.421. The van der Waals surface area contributed by atoms with Gasteiger partial charge in [-0.1, -0.05) is 35.3 Å². The number of amides is 1. The zero-order valence-electron chi connectivity index (χ0n) is 17.0. The summed E-state index contributed by atoms with van der Waals surface area (Å²) in [5.74, 6) is -1.47. The van der Waals surface area contributed by atoms with E-state index in [1.807, 2.05) is 0 Å². The highest BCUT2D eigenvalue weighted by Gasteiger charge is 2.29. The lowest BCUT2D eigenvalue weighted by molar-refractivity contribution is 0.0526. The number of nitrogens with zero attached hydrogens (tertiary/aromatic N) is 2. The Kier molecular flexibility index (Phi) is 7.55. The molecule has 0 spiro atoms. The zero-order valence-corrected chi connectivity index (χ0v) is 20.2. The van der Waals surface area contributed by atoms with E-state index in [2.05, 4.69) is 4.98 Å². The first-order valence-electron chi connectivity index (χ1n) is 9.31. The van der Waals surface area contributed by atoms with Crippen LogP contribution in [0.2, 0.25) is 10.0 Å². The second kappa shape index (κ2) is 9.99. The number of thiazole rings is 1. The minimum Gasteiger partial charge on any atom is -0.462 e. The van der Waals surface area contributed by atoms with Crippen molar-refractivity contribution < 1.29 is 22.7 Å². The third kappa shape index (κ3) is 5.47. The predicted octanol–water partition coefficient (Wildman–Crippen LogP) is 4.82. The van der Waals surface area contributed by atoms with Crippen LogP contribution in [0, 0.1) is 0 Å². The Labute approximate surface area is 199 Å². The van der Waals surface area contributed by atoms with Crippen molar-refractivity contribution >= 4 is 62.1 Å². The molecule has 0 aliphatic heterocycles. The van der Waals surface area contributed by atoms with Gasteiger partial charge in [0.05, 0.1) is 29.1 Å². The van der Waals surface area contributed by atoms with Crippen LogP contribution in [-0.4, -0.2) is 38.1 Å². The Hall–Kier alpha value is -2.46. The lowest BCUT2D eigenvalue weighted by atomic mass is 10.1. The van der Waals surface area contributed by atoms with Crippen LogP contribution in [0.5, 0.6) is 0 Å². The smallest absolute Gasteiger partial charge is 0.338 e. The molecule has 0 radical (unpaired) electrons. The number of aromatic nitrogens is 1. The molecule has 1 heterocycles. The highest BCUT2D eigenvalue weighted by molar-refractivity contribution is 7.92. The molecule has 0 saturated carbocycles. The summed E-state index contributed by atoms with van der Waals surface area (Å²) >= 11 is 13.6. The van der Waals surface area contributed by atoms with Crippen LogP contribution >= 0.6 is 34.5 Å². The van der Waals surface area contributed by atoms with Crippen molar-refractivity contribution in [3.05, 3.63) is 79.7 Å². The van der Waals surface area contributed by atoms with Gasteiger partial charge in [0.25, 0.3) is 5.91 Å². The van der Waals surface area contributed by atoms with Crippen molar-refractivity contribution in [2.24, 2.45) is 0 Å². The molecule has 0 fully saturated rings. The van der Waals surface area contributed by atoms with Crippen molar-refractivity contribution in [1.29, 1.82) is 0 Å². The standard InChI is InChI=1S/C21H18Cl2N2O5S2/c1-3-30-21(27)13-6-4-7-14(10-13)25(32(2,28)29)20(26)18-12-31-19(24-18)11-15-16(22)8-5-9-17(15)23/h4-10,12H,3,11H2,1-2H3. The van der Waals surface area contributed by atoms with Crippen LogP contribution in [0.25, 0.3) is 0 Å². The lowest BCUT2D eigenvalue weighted by Crippen LogP contribution is -2.36. The van der Waals surface area contributed by atoms with E-state index in [0.717, 1.165) is 6.26 Å². The molecule has 0 atom stereocenters. The molecule has 11 heteroatoms. The molecule has 2 aromatic carbocycles. The van der Waals surface area contributed by atoms with Gasteiger partial charge in [-0.3, -0.25) is 4.79 Å². The predicted molar refractivity (Wildman–Crippen MR) is 125 cm³/mol. The van der Waals surface area contributed by atoms with E-state index in [9.17, 15) is 18.0 Å². The number of esters is 1. The molecule has 0 unspecified atom stereocenters. The Morgan fingerprint density at radius 3 is 2.41 bits per heavy atom. The van der Waals surface area contributed by atoms with Crippen LogP contribution in [0.15, 0.2) is 47.8 Å². The fourth-order valence-corrected chi connectivity index (χ4v) is 5.08. The SMILES string of the molecule is CCOC(=O)c1cccc(N(C(=O)c2csc(Cc3c(Cl)cccc3Cl)n2)S(C)(=O)=O)c1. The van der Waals surface area contributed by atoms with E-state index in [0.29, 0.717) is 24.9 Å². The number of hydrogen-bond donors (Lipinski definition) is 0. The topological polar surface area (TPSA) is 93.6 Å². The number of sulfonamides is 1. The normalized spacial score (nSPS) is 11.2. The van der Waals surface area contributed by atoms with Crippen molar-refractivity contribution in [3.63, 3.8) is 0 Å². The minimum absolute atomic E-state index is 0.00625. The van der Waals surface area contributed by atoms with E-state index >= 15 is 0 Å². The maximum atomic E-state index is 13.1. The van der Waals surface area contributed by atoms with E-state index < -0.39 is 21.9 Å². The molecule has 0 saturated heterocycles. The second-order valence-electron chi connectivity index (χ2n) is 6.61. The number of ether oxygens (including phenoxy) is 1. The van der Waals surface area contributed by atoms with Gasteiger partial charge >= 0.3 is 5.97 Å². The highest BCUT2D eigenvalue weighted by atomic mass is 35.5. The molecular weight excluding hydrogens is 495 g/mol. The fourth-order valence-electron chi connectivity index (χ4n) is 2.88. The summed E-state index contributed by atoms with van der Waals surface area (Å²) in [6.07, 6.45) is 1.19. The summed E-state index contributed by atoms with van der Waals surface area (Å²) in [7, 11) is -4.03. The molecule has 3 rings (SSSR count). The van der Waals surface area contributed by atoms with Gasteiger partial charge in [-0.05, 0) is 42.8 Å². The number of carbonyl (C=O) groups excluding carboxylic acids is 2. The van der Waals surface area contributed by atoms with Crippen LogP contribution in [-0.2, 0) is 21.2 Å². The fraction of sp³-hybridized carbons (Fsp3) is 0.190. The Morgan fingerprint density at radius 2 is 1.78 bits per heavy atom. The summed E-state index contributed by atoms with van der Waals surface area (Å²) in [6, 6.07) is 10.8. The van der Waals surface area contributed by atoms with Gasteiger partial charge in [0, 0.05) is 21.8 Å². The van der Waals surface area contributed by atoms with Crippen molar-refractivity contribution in [2.45, 2.75) is 13.3 Å². The maximum absolute atomic E-state index is 13.1. The summed E-state index contributed by atoms with van der Waals surface area (Å²) in [4.78, 5) is 29.4. The van der Waals surface area contributed by atoms with Gasteiger partial charge in [0.15, 0.2) is 0 Å². The van der Waals surface area contributed by atoms with Crippen LogP contribution in [0.4, 0.5) is 5.69 Å². The minimum atomic E-state index is -4.03. The summed E-state index contributed by atoms with van der Waals surface area (Å²) in [6.45, 7) is 1.82. The summed E-state index contributed by atoms with van der Waals surface area (Å²) in [5, 5.41) is 2.94. The van der Waals surface area contributed by atoms with Crippen LogP contribution < -0.4 is 4.31 Å². The largest absolute Gasteiger partial charge is 0.462 e. The summed E-state index contributed by atoms with van der Waals surface area (Å²) in [5.41, 5.74) is 0.733.